The quantitative estimate of drug-likeness (QED) is 0.782. The molecule has 2 aromatic carbocycles. The highest BCUT2D eigenvalue weighted by molar-refractivity contribution is 6.30. The van der Waals surface area contributed by atoms with Crippen molar-refractivity contribution in [1.29, 1.82) is 0 Å². The summed E-state index contributed by atoms with van der Waals surface area (Å²) in [4.78, 5) is 17.0. The Bertz CT molecular complexity index is 726. The van der Waals surface area contributed by atoms with Crippen molar-refractivity contribution in [3.05, 3.63) is 53.6 Å². The largest absolute Gasteiger partial charge is 0.484 e. The molecular weight excluding hydrogens is 362 g/mol. The van der Waals surface area contributed by atoms with Gasteiger partial charge >= 0.3 is 0 Å². The van der Waals surface area contributed by atoms with Crippen molar-refractivity contribution < 1.29 is 9.53 Å². The summed E-state index contributed by atoms with van der Waals surface area (Å²) in [6.07, 6.45) is 1.20. The Labute approximate surface area is 165 Å². The molecule has 0 saturated carbocycles. The lowest BCUT2D eigenvalue weighted by Crippen LogP contribution is -2.46. The van der Waals surface area contributed by atoms with E-state index < -0.39 is 0 Å². The van der Waals surface area contributed by atoms with Crippen LogP contribution < -0.4 is 15.0 Å². The average molecular weight is 388 g/mol. The van der Waals surface area contributed by atoms with Crippen molar-refractivity contribution in [3.63, 3.8) is 0 Å². The van der Waals surface area contributed by atoms with Gasteiger partial charge in [-0.15, -0.1) is 0 Å². The molecule has 0 bridgehead atoms. The minimum absolute atomic E-state index is 0.0389. The number of carbonyl (C=O) groups is 1. The van der Waals surface area contributed by atoms with Gasteiger partial charge in [-0.25, -0.2) is 0 Å². The summed E-state index contributed by atoms with van der Waals surface area (Å²) < 4.78 is 5.46. The number of hydrogen-bond acceptors (Lipinski definition) is 4. The Morgan fingerprint density at radius 3 is 2.33 bits per heavy atom. The third-order valence-corrected chi connectivity index (χ3v) is 4.86. The molecule has 1 heterocycles. The molecule has 0 atom stereocenters. The highest BCUT2D eigenvalue weighted by Crippen LogP contribution is 2.20. The van der Waals surface area contributed by atoms with Gasteiger partial charge in [-0.05, 0) is 61.5 Å². The first-order valence-electron chi connectivity index (χ1n) is 9.39. The normalized spacial score (nSPS) is 14.8. The van der Waals surface area contributed by atoms with Gasteiger partial charge in [-0.2, -0.15) is 0 Å². The summed E-state index contributed by atoms with van der Waals surface area (Å²) in [5.74, 6) is 0.429. The summed E-state index contributed by atoms with van der Waals surface area (Å²) in [7, 11) is 0. The average Bonchev–Trinajstić information content (AvgIpc) is 2.69. The molecule has 0 radical (unpaired) electrons. The zero-order chi connectivity index (χ0) is 19.1. The zero-order valence-electron chi connectivity index (χ0n) is 15.7. The molecule has 0 aliphatic carbocycles. The van der Waals surface area contributed by atoms with Crippen molar-refractivity contribution in [1.82, 2.24) is 4.90 Å². The Morgan fingerprint density at radius 2 is 1.70 bits per heavy atom. The molecule has 0 aromatic heterocycles. The van der Waals surface area contributed by atoms with Gasteiger partial charge in [-0.1, -0.05) is 18.5 Å². The Kier molecular flexibility index (Phi) is 6.96. The maximum atomic E-state index is 12.1. The highest BCUT2D eigenvalue weighted by atomic mass is 35.5. The van der Waals surface area contributed by atoms with Crippen molar-refractivity contribution in [2.45, 2.75) is 13.3 Å². The number of nitrogens with zero attached hydrogens (tertiary/aromatic N) is 2. The Hall–Kier alpha value is -2.24. The number of hydrogen-bond donors (Lipinski definition) is 1. The van der Waals surface area contributed by atoms with Crippen LogP contribution in [0.15, 0.2) is 48.5 Å². The number of amides is 1. The number of ether oxygens (including phenoxy) is 1. The predicted molar refractivity (Wildman–Crippen MR) is 111 cm³/mol. The van der Waals surface area contributed by atoms with Gasteiger partial charge in [0.1, 0.15) is 5.75 Å². The first kappa shape index (κ1) is 19.5. The molecule has 1 saturated heterocycles. The van der Waals surface area contributed by atoms with Crippen LogP contribution in [0.2, 0.25) is 5.02 Å². The lowest BCUT2D eigenvalue weighted by Gasteiger charge is -2.36. The van der Waals surface area contributed by atoms with E-state index in [2.05, 4.69) is 34.2 Å². The fourth-order valence-electron chi connectivity index (χ4n) is 3.18. The van der Waals surface area contributed by atoms with Crippen molar-refractivity contribution in [2.75, 3.05) is 49.5 Å². The maximum absolute atomic E-state index is 12.1. The summed E-state index contributed by atoms with van der Waals surface area (Å²) in [6, 6.07) is 14.9. The van der Waals surface area contributed by atoms with Gasteiger partial charge in [-0.3, -0.25) is 9.69 Å². The van der Waals surface area contributed by atoms with E-state index in [0.29, 0.717) is 10.8 Å². The molecule has 0 unspecified atom stereocenters. The summed E-state index contributed by atoms with van der Waals surface area (Å²) in [6.45, 7) is 7.66. The SMILES string of the molecule is CCCN1CCN(c2ccc(NC(=O)COc3ccc(Cl)cc3)cc2)CC1. The van der Waals surface area contributed by atoms with Gasteiger partial charge in [0.25, 0.3) is 5.91 Å². The fraction of sp³-hybridized carbons (Fsp3) is 0.381. The van der Waals surface area contributed by atoms with E-state index in [9.17, 15) is 4.79 Å². The number of benzene rings is 2. The molecular formula is C21H26ClN3O2. The Balaban J connectivity index is 1.46. The monoisotopic (exact) mass is 387 g/mol. The summed E-state index contributed by atoms with van der Waals surface area (Å²) in [5.41, 5.74) is 1.97. The number of carbonyl (C=O) groups excluding carboxylic acids is 1. The molecule has 1 aliphatic heterocycles. The first-order chi connectivity index (χ1) is 13.1. The fourth-order valence-corrected chi connectivity index (χ4v) is 3.30. The molecule has 27 heavy (non-hydrogen) atoms. The van der Waals surface area contributed by atoms with Gasteiger partial charge in [0.05, 0.1) is 0 Å². The molecule has 1 aliphatic rings. The van der Waals surface area contributed by atoms with Crippen molar-refractivity contribution in [2.24, 2.45) is 0 Å². The second kappa shape index (κ2) is 9.62. The van der Waals surface area contributed by atoms with Crippen LogP contribution in [0.3, 0.4) is 0 Å². The zero-order valence-corrected chi connectivity index (χ0v) is 16.4. The first-order valence-corrected chi connectivity index (χ1v) is 9.77. The van der Waals surface area contributed by atoms with E-state index in [0.717, 1.165) is 31.9 Å². The summed E-state index contributed by atoms with van der Waals surface area (Å²) in [5, 5.41) is 3.50. The second-order valence-corrected chi connectivity index (χ2v) is 7.10. The van der Waals surface area contributed by atoms with Crippen LogP contribution in [0.4, 0.5) is 11.4 Å². The maximum Gasteiger partial charge on any atom is 0.262 e. The van der Waals surface area contributed by atoms with E-state index in [1.807, 2.05) is 12.1 Å². The van der Waals surface area contributed by atoms with E-state index in [1.165, 1.54) is 18.7 Å². The second-order valence-electron chi connectivity index (χ2n) is 6.67. The van der Waals surface area contributed by atoms with Crippen LogP contribution in [0.5, 0.6) is 5.75 Å². The molecule has 1 amide bonds. The number of anilines is 2. The molecule has 6 heteroatoms. The molecule has 1 fully saturated rings. The van der Waals surface area contributed by atoms with Crippen molar-refractivity contribution in [3.8, 4) is 5.75 Å². The van der Waals surface area contributed by atoms with Gasteiger partial charge in [0.2, 0.25) is 0 Å². The van der Waals surface area contributed by atoms with E-state index >= 15 is 0 Å². The van der Waals surface area contributed by atoms with E-state index in [-0.39, 0.29) is 12.5 Å². The molecule has 5 nitrogen and oxygen atoms in total. The number of piperazine rings is 1. The van der Waals surface area contributed by atoms with Gasteiger partial charge in [0, 0.05) is 42.6 Å². The van der Waals surface area contributed by atoms with Crippen LogP contribution >= 0.6 is 11.6 Å². The standard InChI is InChI=1S/C21H26ClN3O2/c1-2-11-24-12-14-25(15-13-24)19-7-5-18(6-8-19)23-21(26)16-27-20-9-3-17(22)4-10-20/h3-10H,2,11-16H2,1H3,(H,23,26). The third kappa shape index (κ3) is 5.88. The van der Waals surface area contributed by atoms with Crippen LogP contribution in [0.25, 0.3) is 0 Å². The van der Waals surface area contributed by atoms with Crippen LogP contribution in [-0.2, 0) is 4.79 Å². The van der Waals surface area contributed by atoms with Gasteiger partial charge < -0.3 is 15.0 Å². The third-order valence-electron chi connectivity index (χ3n) is 4.61. The lowest BCUT2D eigenvalue weighted by atomic mass is 10.2. The van der Waals surface area contributed by atoms with Gasteiger partial charge in [0.15, 0.2) is 6.61 Å². The van der Waals surface area contributed by atoms with Crippen LogP contribution in [0, 0.1) is 0 Å². The molecule has 2 aromatic rings. The van der Waals surface area contributed by atoms with Crippen LogP contribution in [0.1, 0.15) is 13.3 Å². The Morgan fingerprint density at radius 1 is 1.04 bits per heavy atom. The molecule has 3 rings (SSSR count). The summed E-state index contributed by atoms with van der Waals surface area (Å²) >= 11 is 5.83. The van der Waals surface area contributed by atoms with Crippen molar-refractivity contribution >= 4 is 28.9 Å². The molecule has 0 spiro atoms. The predicted octanol–water partition coefficient (Wildman–Crippen LogP) is 3.89. The highest BCUT2D eigenvalue weighted by Gasteiger charge is 2.16. The van der Waals surface area contributed by atoms with Crippen LogP contribution in [-0.4, -0.2) is 50.1 Å². The minimum Gasteiger partial charge on any atom is -0.484 e. The lowest BCUT2D eigenvalue weighted by molar-refractivity contribution is -0.118. The number of rotatable bonds is 7. The molecule has 144 valence electrons. The van der Waals surface area contributed by atoms with E-state index in [4.69, 9.17) is 16.3 Å². The smallest absolute Gasteiger partial charge is 0.262 e. The van der Waals surface area contributed by atoms with E-state index in [1.54, 1.807) is 24.3 Å². The minimum atomic E-state index is -0.189. The topological polar surface area (TPSA) is 44.8 Å². The molecule has 1 N–H and O–H groups in total. The number of nitrogens with one attached hydrogen (secondary N) is 1. The number of halogens is 1.